The van der Waals surface area contributed by atoms with E-state index in [1.54, 1.807) is 11.3 Å². The van der Waals surface area contributed by atoms with Crippen molar-refractivity contribution in [3.63, 3.8) is 0 Å². The van der Waals surface area contributed by atoms with Crippen molar-refractivity contribution < 1.29 is 0 Å². The zero-order chi connectivity index (χ0) is 40.8. The van der Waals surface area contributed by atoms with E-state index in [-0.39, 0.29) is 0 Å². The number of hydrogen-bond acceptors (Lipinski definition) is 6. The van der Waals surface area contributed by atoms with Gasteiger partial charge in [-0.05, 0) is 159 Å². The van der Waals surface area contributed by atoms with Crippen LogP contribution in [0.2, 0.25) is 0 Å². The van der Waals surface area contributed by atoms with Crippen molar-refractivity contribution in [1.29, 1.82) is 0 Å². The number of allylic oxidation sites excluding steroid dienone is 4. The lowest BCUT2D eigenvalue weighted by molar-refractivity contribution is 1.04. The van der Waals surface area contributed by atoms with E-state index >= 15 is 0 Å². The predicted octanol–water partition coefficient (Wildman–Crippen LogP) is 17.3. The Hall–Kier alpha value is -5.50. The molecule has 0 saturated carbocycles. The van der Waals surface area contributed by atoms with Gasteiger partial charge in [-0.3, -0.25) is 0 Å². The fourth-order valence-electron chi connectivity index (χ4n) is 9.22. The van der Waals surface area contributed by atoms with Gasteiger partial charge in [0.15, 0.2) is 0 Å². The van der Waals surface area contributed by atoms with E-state index in [0.717, 1.165) is 34.2 Å². The molecule has 1 aliphatic carbocycles. The topological polar surface area (TPSA) is 25.8 Å². The number of thiophene rings is 2. The highest BCUT2D eigenvalue weighted by Crippen LogP contribution is 2.47. The van der Waals surface area contributed by atoms with Crippen LogP contribution in [0.1, 0.15) is 50.0 Å². The molecule has 1 aliphatic rings. The average molecular weight is 847 g/mol. The Balaban J connectivity index is 1.05. The number of rotatable bonds is 6. The van der Waals surface area contributed by atoms with Crippen LogP contribution < -0.4 is 0 Å². The van der Waals surface area contributed by atoms with Gasteiger partial charge in [0, 0.05) is 51.5 Å². The van der Waals surface area contributed by atoms with Gasteiger partial charge in [0.2, 0.25) is 0 Å². The van der Waals surface area contributed by atoms with Gasteiger partial charge in [-0.2, -0.15) is 0 Å². The Kier molecular flexibility index (Phi) is 9.12. The summed E-state index contributed by atoms with van der Waals surface area (Å²) in [5.41, 5.74) is 17.3. The number of nitrogens with zero attached hydrogens (tertiary/aromatic N) is 2. The normalized spacial score (nSPS) is 13.1. The van der Waals surface area contributed by atoms with Crippen molar-refractivity contribution in [1.82, 2.24) is 9.97 Å². The Morgan fingerprint density at radius 1 is 0.417 bits per heavy atom. The lowest BCUT2D eigenvalue weighted by atomic mass is 9.91. The van der Waals surface area contributed by atoms with Crippen molar-refractivity contribution in [2.45, 2.75) is 54.4 Å². The second-order valence-corrected chi connectivity index (χ2v) is 20.7. The van der Waals surface area contributed by atoms with Crippen LogP contribution in [0, 0.1) is 41.5 Å². The number of thiazole rings is 2. The first-order chi connectivity index (χ1) is 29.2. The van der Waals surface area contributed by atoms with Crippen LogP contribution in [-0.4, -0.2) is 9.97 Å². The molecule has 11 rings (SSSR count). The van der Waals surface area contributed by atoms with Crippen molar-refractivity contribution >= 4 is 91.3 Å². The second kappa shape index (κ2) is 14.6. The van der Waals surface area contributed by atoms with Gasteiger partial charge in [0.1, 0.15) is 0 Å². The standard InChI is InChI=1S/C54H42N2S4/c1-29-21-37(25-43-45-27-39(23-31(3)51(45)59-49(29)43)47-53(57-33(5)55-47)35-15-9-7-10-16-35)41-19-13-14-20-42(41)38-22-30(2)50-44(26-38)46-28-40(24-32(4)52(46)60-50)48-54(58-34(6)56-48)36-17-11-8-12-18-36/h7,9-11,13-28H,8,12H2,1-6H3. The molecule has 0 amide bonds. The molecule has 6 heteroatoms. The van der Waals surface area contributed by atoms with E-state index < -0.39 is 0 Å². The van der Waals surface area contributed by atoms with Gasteiger partial charge in [-0.25, -0.2) is 9.97 Å². The molecule has 0 atom stereocenters. The number of aromatic nitrogens is 2. The maximum atomic E-state index is 5.13. The smallest absolute Gasteiger partial charge is 0.0908 e. The Morgan fingerprint density at radius 3 is 1.33 bits per heavy atom. The zero-order valence-electron chi connectivity index (χ0n) is 34.5. The minimum Gasteiger partial charge on any atom is -0.241 e. The van der Waals surface area contributed by atoms with Crippen LogP contribution in [0.15, 0.2) is 121 Å². The van der Waals surface area contributed by atoms with E-state index in [1.165, 1.54) is 117 Å². The molecule has 0 bridgehead atoms. The van der Waals surface area contributed by atoms with Gasteiger partial charge in [0.25, 0.3) is 0 Å². The van der Waals surface area contributed by atoms with Crippen LogP contribution in [0.25, 0.3) is 101 Å². The molecule has 292 valence electrons. The minimum absolute atomic E-state index is 1.07. The third kappa shape index (κ3) is 6.23. The third-order valence-electron chi connectivity index (χ3n) is 11.9. The third-order valence-corrected chi connectivity index (χ3v) is 17.0. The second-order valence-electron chi connectivity index (χ2n) is 16.3. The molecular weight excluding hydrogens is 805 g/mol. The summed E-state index contributed by atoms with van der Waals surface area (Å²) in [6, 6.07) is 38.9. The van der Waals surface area contributed by atoms with Crippen molar-refractivity contribution in [2.75, 3.05) is 0 Å². The molecule has 4 aromatic heterocycles. The molecule has 0 fully saturated rings. The van der Waals surface area contributed by atoms with Crippen molar-refractivity contribution in [3.05, 3.63) is 159 Å². The monoisotopic (exact) mass is 846 g/mol. The van der Waals surface area contributed by atoms with Crippen LogP contribution >= 0.6 is 45.3 Å². The summed E-state index contributed by atoms with van der Waals surface area (Å²) in [7, 11) is 0. The Bertz CT molecular complexity index is 3440. The first-order valence-electron chi connectivity index (χ1n) is 20.6. The molecule has 60 heavy (non-hydrogen) atoms. The zero-order valence-corrected chi connectivity index (χ0v) is 37.8. The largest absolute Gasteiger partial charge is 0.241 e. The lowest BCUT2D eigenvalue weighted by Gasteiger charge is -2.13. The van der Waals surface area contributed by atoms with E-state index in [2.05, 4.69) is 163 Å². The van der Waals surface area contributed by atoms with Gasteiger partial charge in [-0.15, -0.1) is 45.3 Å². The lowest BCUT2D eigenvalue weighted by Crippen LogP contribution is -1.89. The summed E-state index contributed by atoms with van der Waals surface area (Å²) in [5.74, 6) is 0. The Morgan fingerprint density at radius 2 is 0.850 bits per heavy atom. The quantitative estimate of drug-likeness (QED) is 0.167. The number of fused-ring (bicyclic) bond motifs is 6. The van der Waals surface area contributed by atoms with Gasteiger partial charge >= 0.3 is 0 Å². The maximum Gasteiger partial charge on any atom is 0.0908 e. The Labute approximate surface area is 366 Å². The minimum atomic E-state index is 1.07. The van der Waals surface area contributed by atoms with Crippen LogP contribution in [0.5, 0.6) is 0 Å². The maximum absolute atomic E-state index is 5.13. The van der Waals surface area contributed by atoms with Crippen molar-refractivity contribution in [2.24, 2.45) is 0 Å². The number of hydrogen-bond donors (Lipinski definition) is 0. The summed E-state index contributed by atoms with van der Waals surface area (Å²) in [6.45, 7) is 13.3. The summed E-state index contributed by atoms with van der Waals surface area (Å²) >= 11 is 7.43. The highest BCUT2D eigenvalue weighted by molar-refractivity contribution is 7.26. The van der Waals surface area contributed by atoms with Crippen LogP contribution in [-0.2, 0) is 0 Å². The van der Waals surface area contributed by atoms with E-state index in [4.69, 9.17) is 9.97 Å². The summed E-state index contributed by atoms with van der Waals surface area (Å²) in [6.07, 6.45) is 9.14. The molecule has 0 spiro atoms. The molecule has 4 heterocycles. The fourth-order valence-corrected chi connectivity index (χ4v) is 13.5. The SMILES string of the molecule is Cc1nc(-c2cc(C)c3sc4c(C)cc(-c5ccccc5-c5cc(C)c6sc7c(C)cc(-c8nc(C)sc8-c8ccccc8)cc7c6c5)cc4c3c2)c(C2=CCCC=C2)s1. The molecule has 10 aromatic rings. The molecular formula is C54H42N2S4. The first kappa shape index (κ1) is 37.5. The van der Waals surface area contributed by atoms with Gasteiger partial charge in [-0.1, -0.05) is 72.8 Å². The van der Waals surface area contributed by atoms with Crippen LogP contribution in [0.4, 0.5) is 0 Å². The molecule has 6 aromatic carbocycles. The van der Waals surface area contributed by atoms with Crippen molar-refractivity contribution in [3.8, 4) is 55.2 Å². The highest BCUT2D eigenvalue weighted by Gasteiger charge is 2.21. The van der Waals surface area contributed by atoms with E-state index in [9.17, 15) is 0 Å². The summed E-state index contributed by atoms with van der Waals surface area (Å²) in [5, 5.41) is 7.44. The molecule has 0 unspecified atom stereocenters. The summed E-state index contributed by atoms with van der Waals surface area (Å²) < 4.78 is 5.42. The molecule has 0 radical (unpaired) electrons. The number of benzene rings is 6. The predicted molar refractivity (Wildman–Crippen MR) is 266 cm³/mol. The fraction of sp³-hybridized carbons (Fsp3) is 0.148. The average Bonchev–Trinajstić information content (AvgIpc) is 4.05. The van der Waals surface area contributed by atoms with Gasteiger partial charge < -0.3 is 0 Å². The molecule has 2 nitrogen and oxygen atoms in total. The van der Waals surface area contributed by atoms with Gasteiger partial charge in [0.05, 0.1) is 31.2 Å². The highest BCUT2D eigenvalue weighted by atomic mass is 32.1. The first-order valence-corrected chi connectivity index (χ1v) is 23.9. The van der Waals surface area contributed by atoms with Crippen LogP contribution in [0.3, 0.4) is 0 Å². The molecule has 0 aliphatic heterocycles. The van der Waals surface area contributed by atoms with E-state index in [0.29, 0.717) is 0 Å². The molecule has 0 saturated heterocycles. The molecule has 0 N–H and O–H groups in total. The van der Waals surface area contributed by atoms with E-state index in [1.807, 2.05) is 34.0 Å². The summed E-state index contributed by atoms with van der Waals surface area (Å²) in [4.78, 5) is 12.7. The number of aryl methyl sites for hydroxylation is 6.